The number of aryl methyl sites for hydroxylation is 1. The minimum Gasteiger partial charge on any atom is -0.441 e. The largest absolute Gasteiger partial charge is 0.441 e. The van der Waals surface area contributed by atoms with E-state index < -0.39 is 5.60 Å². The average Bonchev–Trinajstić information content (AvgIpc) is 2.98. The zero-order valence-electron chi connectivity index (χ0n) is 16.1. The van der Waals surface area contributed by atoms with Gasteiger partial charge in [0.2, 0.25) is 5.91 Å². The molecule has 1 aromatic heterocycles. The molecule has 148 valence electrons. The quantitative estimate of drug-likeness (QED) is 0.815. The van der Waals surface area contributed by atoms with E-state index in [0.29, 0.717) is 51.0 Å². The van der Waals surface area contributed by atoms with E-state index in [0.717, 1.165) is 12.8 Å². The second kappa shape index (κ2) is 8.10. The summed E-state index contributed by atoms with van der Waals surface area (Å²) in [4.78, 5) is 39.4. The second-order valence-electron chi connectivity index (χ2n) is 7.61. The number of hydrogen-bond acceptors (Lipinski definition) is 5. The van der Waals surface area contributed by atoms with Gasteiger partial charge < -0.3 is 14.5 Å². The van der Waals surface area contributed by atoms with Crippen LogP contribution >= 0.6 is 0 Å². The van der Waals surface area contributed by atoms with Crippen LogP contribution in [-0.4, -0.2) is 63.3 Å². The summed E-state index contributed by atoms with van der Waals surface area (Å²) in [7, 11) is 0. The molecule has 0 saturated carbocycles. The lowest BCUT2D eigenvalue weighted by atomic mass is 9.90. The lowest BCUT2D eigenvalue weighted by Crippen LogP contribution is -2.49. The number of rotatable bonds is 6. The number of carbonyl (C=O) groups is 2. The number of piperidine rings is 1. The number of carbonyl (C=O) groups excluding carboxylic acids is 2. The molecule has 2 saturated heterocycles. The molecule has 0 bridgehead atoms. The number of aromatic amines is 1. The van der Waals surface area contributed by atoms with Gasteiger partial charge in [-0.3, -0.25) is 9.59 Å². The van der Waals surface area contributed by atoms with Gasteiger partial charge in [-0.2, -0.15) is 5.10 Å². The third kappa shape index (κ3) is 4.48. The molecule has 3 heterocycles. The summed E-state index contributed by atoms with van der Waals surface area (Å²) in [5.74, 6) is 0.0679. The van der Waals surface area contributed by atoms with Crippen LogP contribution < -0.4 is 5.56 Å². The summed E-state index contributed by atoms with van der Waals surface area (Å²) in [6.45, 7) is 5.99. The Hall–Kier alpha value is -2.38. The highest BCUT2D eigenvalue weighted by molar-refractivity contribution is 5.76. The lowest BCUT2D eigenvalue weighted by molar-refractivity contribution is -0.134. The Labute approximate surface area is 158 Å². The van der Waals surface area contributed by atoms with Crippen molar-refractivity contribution in [2.24, 2.45) is 0 Å². The van der Waals surface area contributed by atoms with Crippen LogP contribution in [0.5, 0.6) is 0 Å². The number of aromatic nitrogens is 2. The third-order valence-corrected chi connectivity index (χ3v) is 5.59. The fraction of sp³-hybridized carbons (Fsp3) is 0.684. The second-order valence-corrected chi connectivity index (χ2v) is 7.61. The van der Waals surface area contributed by atoms with Crippen LogP contribution in [0, 0.1) is 0 Å². The number of H-pyrrole nitrogens is 1. The van der Waals surface area contributed by atoms with E-state index in [2.05, 4.69) is 24.0 Å². The Morgan fingerprint density at radius 1 is 1.33 bits per heavy atom. The number of nitrogens with zero attached hydrogens (tertiary/aromatic N) is 3. The molecule has 0 aromatic carbocycles. The Kier molecular flexibility index (Phi) is 5.82. The van der Waals surface area contributed by atoms with Crippen molar-refractivity contribution in [2.75, 3.05) is 19.6 Å². The Balaban J connectivity index is 1.49. The van der Waals surface area contributed by atoms with Gasteiger partial charge in [0.25, 0.3) is 5.56 Å². The van der Waals surface area contributed by atoms with E-state index in [4.69, 9.17) is 4.74 Å². The first-order valence-corrected chi connectivity index (χ1v) is 9.74. The topological polar surface area (TPSA) is 95.6 Å². The van der Waals surface area contributed by atoms with Gasteiger partial charge in [0.05, 0.1) is 12.2 Å². The molecule has 2 aliphatic heterocycles. The Bertz CT molecular complexity index is 719. The minimum atomic E-state index is -0.448. The maximum atomic E-state index is 12.5. The number of amides is 2. The SMILES string of the molecule is CCC[C@H](C)N1CC2(CCN(C(=O)CCc3ccc(=O)[nH]n3)CC2)OC1=O. The van der Waals surface area contributed by atoms with Crippen molar-refractivity contribution < 1.29 is 14.3 Å². The normalized spacial score (nSPS) is 20.0. The molecule has 1 N–H and O–H groups in total. The average molecular weight is 376 g/mol. The van der Waals surface area contributed by atoms with Crippen LogP contribution in [0.4, 0.5) is 4.79 Å². The molecule has 0 unspecified atom stereocenters. The van der Waals surface area contributed by atoms with Crippen LogP contribution in [0.25, 0.3) is 0 Å². The van der Waals surface area contributed by atoms with E-state index in [9.17, 15) is 14.4 Å². The van der Waals surface area contributed by atoms with Crippen LogP contribution in [0.3, 0.4) is 0 Å². The fourth-order valence-electron chi connectivity index (χ4n) is 3.89. The van der Waals surface area contributed by atoms with Gasteiger partial charge in [0.15, 0.2) is 0 Å². The third-order valence-electron chi connectivity index (χ3n) is 5.59. The highest BCUT2D eigenvalue weighted by Crippen LogP contribution is 2.34. The van der Waals surface area contributed by atoms with Gasteiger partial charge >= 0.3 is 6.09 Å². The van der Waals surface area contributed by atoms with Crippen molar-refractivity contribution >= 4 is 12.0 Å². The number of ether oxygens (including phenoxy) is 1. The highest BCUT2D eigenvalue weighted by atomic mass is 16.6. The Morgan fingerprint density at radius 2 is 2.07 bits per heavy atom. The maximum absolute atomic E-state index is 12.5. The molecule has 0 aliphatic carbocycles. The van der Waals surface area contributed by atoms with Gasteiger partial charge in [-0.25, -0.2) is 9.89 Å². The van der Waals surface area contributed by atoms with Crippen molar-refractivity contribution in [2.45, 2.75) is 64.0 Å². The summed E-state index contributed by atoms with van der Waals surface area (Å²) >= 11 is 0. The molecule has 8 heteroatoms. The predicted molar refractivity (Wildman–Crippen MR) is 99.3 cm³/mol. The zero-order valence-corrected chi connectivity index (χ0v) is 16.1. The predicted octanol–water partition coefficient (Wildman–Crippen LogP) is 1.70. The molecule has 0 radical (unpaired) electrons. The van der Waals surface area contributed by atoms with Crippen LogP contribution in [-0.2, 0) is 16.0 Å². The first kappa shape index (κ1) is 19.4. The summed E-state index contributed by atoms with van der Waals surface area (Å²) in [6, 6.07) is 3.24. The first-order chi connectivity index (χ1) is 12.9. The van der Waals surface area contributed by atoms with Crippen LogP contribution in [0.1, 0.15) is 51.6 Å². The molecule has 2 aliphatic rings. The number of likely N-dealkylation sites (tertiary alicyclic amines) is 1. The van der Waals surface area contributed by atoms with Gasteiger partial charge in [-0.1, -0.05) is 13.3 Å². The van der Waals surface area contributed by atoms with Crippen LogP contribution in [0.2, 0.25) is 0 Å². The van der Waals surface area contributed by atoms with Gasteiger partial charge in [0, 0.05) is 50.9 Å². The monoisotopic (exact) mass is 376 g/mol. The molecule has 2 fully saturated rings. The summed E-state index contributed by atoms with van der Waals surface area (Å²) in [5.41, 5.74) is -0.00223. The molecular weight excluding hydrogens is 348 g/mol. The van der Waals surface area contributed by atoms with E-state index in [1.807, 2.05) is 9.80 Å². The highest BCUT2D eigenvalue weighted by Gasteiger charge is 2.48. The molecule has 1 atom stereocenters. The molecule has 8 nitrogen and oxygen atoms in total. The van der Waals surface area contributed by atoms with Crippen molar-refractivity contribution in [3.63, 3.8) is 0 Å². The van der Waals surface area contributed by atoms with Crippen molar-refractivity contribution in [1.82, 2.24) is 20.0 Å². The number of hydrogen-bond donors (Lipinski definition) is 1. The van der Waals surface area contributed by atoms with E-state index in [1.54, 1.807) is 6.07 Å². The summed E-state index contributed by atoms with van der Waals surface area (Å²) < 4.78 is 5.74. The summed E-state index contributed by atoms with van der Waals surface area (Å²) in [6.07, 6.45) is 3.98. The maximum Gasteiger partial charge on any atom is 0.410 e. The van der Waals surface area contributed by atoms with E-state index in [1.165, 1.54) is 6.07 Å². The van der Waals surface area contributed by atoms with Crippen molar-refractivity contribution in [3.05, 3.63) is 28.2 Å². The standard InChI is InChI=1S/C19H28N4O4/c1-3-4-14(2)23-13-19(27-18(23)26)9-11-22(12-10-19)17(25)8-6-15-5-7-16(24)21-20-15/h5,7,14H,3-4,6,8-13H2,1-2H3,(H,21,24)/t14-/m0/s1. The van der Waals surface area contributed by atoms with Gasteiger partial charge in [-0.15, -0.1) is 0 Å². The number of nitrogens with one attached hydrogen (secondary N) is 1. The van der Waals surface area contributed by atoms with E-state index >= 15 is 0 Å². The molecular formula is C19H28N4O4. The van der Waals surface area contributed by atoms with Crippen molar-refractivity contribution in [3.8, 4) is 0 Å². The van der Waals surface area contributed by atoms with Crippen molar-refractivity contribution in [1.29, 1.82) is 0 Å². The molecule has 1 spiro atoms. The van der Waals surface area contributed by atoms with Crippen LogP contribution in [0.15, 0.2) is 16.9 Å². The first-order valence-electron chi connectivity index (χ1n) is 9.74. The smallest absolute Gasteiger partial charge is 0.410 e. The minimum absolute atomic E-state index is 0.0679. The molecule has 2 amide bonds. The molecule has 27 heavy (non-hydrogen) atoms. The van der Waals surface area contributed by atoms with Gasteiger partial charge in [-0.05, 0) is 19.4 Å². The van der Waals surface area contributed by atoms with Gasteiger partial charge in [0.1, 0.15) is 5.60 Å². The summed E-state index contributed by atoms with van der Waals surface area (Å²) in [5, 5.41) is 6.31. The molecule has 3 rings (SSSR count). The lowest BCUT2D eigenvalue weighted by Gasteiger charge is -2.37. The van der Waals surface area contributed by atoms with E-state index in [-0.39, 0.29) is 23.6 Å². The molecule has 1 aromatic rings. The fourth-order valence-corrected chi connectivity index (χ4v) is 3.89. The zero-order chi connectivity index (χ0) is 19.4. The Morgan fingerprint density at radius 3 is 2.70 bits per heavy atom.